The smallest absolute Gasteiger partial charge is 0.270 e. The van der Waals surface area contributed by atoms with Crippen molar-refractivity contribution in [2.45, 2.75) is 13.5 Å². The van der Waals surface area contributed by atoms with Crippen molar-refractivity contribution in [2.75, 3.05) is 20.8 Å². The molecule has 0 spiro atoms. The molecule has 0 atom stereocenters. The van der Waals surface area contributed by atoms with Crippen LogP contribution in [0.3, 0.4) is 0 Å². The Bertz CT molecular complexity index is 792. The molecule has 0 bridgehead atoms. The highest BCUT2D eigenvalue weighted by Gasteiger charge is 2.10. The second-order valence-electron chi connectivity index (χ2n) is 5.19. The number of nitrogens with one attached hydrogen (secondary N) is 1. The minimum absolute atomic E-state index is 0.0187. The molecule has 0 aromatic heterocycles. The van der Waals surface area contributed by atoms with Crippen molar-refractivity contribution >= 4 is 11.9 Å². The molecule has 0 saturated carbocycles. The topological polar surface area (TPSA) is 95.2 Å². The summed E-state index contributed by atoms with van der Waals surface area (Å²) in [4.78, 5) is 10.5. The van der Waals surface area contributed by atoms with Gasteiger partial charge in [0.05, 0.1) is 38.5 Å². The molecule has 0 radical (unpaired) electrons. The Kier molecular flexibility index (Phi) is 6.78. The number of hydrazone groups is 1. The number of rotatable bonds is 9. The van der Waals surface area contributed by atoms with E-state index in [1.807, 2.05) is 25.1 Å². The molecule has 0 saturated heterocycles. The SMILES string of the molecule is CCOc1ccc([N+](=O)[O-])cc1/C=N\NCc1ccc(OC)c(OC)c1. The van der Waals surface area contributed by atoms with E-state index in [1.54, 1.807) is 20.3 Å². The lowest BCUT2D eigenvalue weighted by Gasteiger charge is -2.09. The van der Waals surface area contributed by atoms with Crippen LogP contribution in [0, 0.1) is 10.1 Å². The number of nitro groups is 1. The molecule has 8 heteroatoms. The lowest BCUT2D eigenvalue weighted by Crippen LogP contribution is -2.06. The first-order chi connectivity index (χ1) is 12.6. The van der Waals surface area contributed by atoms with Gasteiger partial charge in [-0.05, 0) is 30.7 Å². The Labute approximate surface area is 151 Å². The Morgan fingerprint density at radius 3 is 2.50 bits per heavy atom. The molecule has 0 aliphatic carbocycles. The molecule has 1 N–H and O–H groups in total. The first-order valence-corrected chi connectivity index (χ1v) is 7.97. The van der Waals surface area contributed by atoms with Gasteiger partial charge >= 0.3 is 0 Å². The fourth-order valence-corrected chi connectivity index (χ4v) is 2.28. The van der Waals surface area contributed by atoms with E-state index >= 15 is 0 Å². The minimum Gasteiger partial charge on any atom is -0.493 e. The molecular weight excluding hydrogens is 338 g/mol. The molecule has 26 heavy (non-hydrogen) atoms. The number of hydrogen-bond acceptors (Lipinski definition) is 7. The number of non-ortho nitro benzene ring substituents is 1. The predicted octanol–water partition coefficient (Wildman–Crippen LogP) is 3.13. The summed E-state index contributed by atoms with van der Waals surface area (Å²) in [6.07, 6.45) is 1.50. The van der Waals surface area contributed by atoms with Crippen LogP contribution in [0.4, 0.5) is 5.69 Å². The van der Waals surface area contributed by atoms with Gasteiger partial charge in [-0.3, -0.25) is 10.1 Å². The quantitative estimate of drug-likeness (QED) is 0.420. The zero-order valence-electron chi connectivity index (χ0n) is 14.9. The van der Waals surface area contributed by atoms with Crippen LogP contribution in [0.5, 0.6) is 17.2 Å². The fraction of sp³-hybridized carbons (Fsp3) is 0.278. The van der Waals surface area contributed by atoms with Crippen LogP contribution < -0.4 is 19.6 Å². The Morgan fingerprint density at radius 2 is 1.85 bits per heavy atom. The number of ether oxygens (including phenoxy) is 3. The van der Waals surface area contributed by atoms with Crippen LogP contribution >= 0.6 is 0 Å². The summed E-state index contributed by atoms with van der Waals surface area (Å²) in [5.41, 5.74) is 4.36. The summed E-state index contributed by atoms with van der Waals surface area (Å²) >= 11 is 0. The highest BCUT2D eigenvalue weighted by molar-refractivity contribution is 5.84. The van der Waals surface area contributed by atoms with Gasteiger partial charge in [-0.1, -0.05) is 6.07 Å². The van der Waals surface area contributed by atoms with E-state index in [9.17, 15) is 10.1 Å². The largest absolute Gasteiger partial charge is 0.493 e. The minimum atomic E-state index is -0.454. The van der Waals surface area contributed by atoms with Crippen molar-refractivity contribution < 1.29 is 19.1 Å². The van der Waals surface area contributed by atoms with E-state index in [-0.39, 0.29) is 5.69 Å². The van der Waals surface area contributed by atoms with Crippen LogP contribution in [-0.2, 0) is 6.54 Å². The molecule has 2 aromatic rings. The van der Waals surface area contributed by atoms with E-state index in [4.69, 9.17) is 14.2 Å². The number of nitro benzene ring substituents is 1. The van der Waals surface area contributed by atoms with Crippen molar-refractivity contribution in [2.24, 2.45) is 5.10 Å². The van der Waals surface area contributed by atoms with Crippen LogP contribution in [0.2, 0.25) is 0 Å². The Morgan fingerprint density at radius 1 is 1.12 bits per heavy atom. The number of benzene rings is 2. The van der Waals surface area contributed by atoms with Crippen molar-refractivity contribution in [3.05, 3.63) is 57.6 Å². The average Bonchev–Trinajstić information content (AvgIpc) is 2.66. The maximum absolute atomic E-state index is 10.9. The second kappa shape index (κ2) is 9.26. The summed E-state index contributed by atoms with van der Waals surface area (Å²) in [7, 11) is 3.15. The van der Waals surface area contributed by atoms with E-state index in [2.05, 4.69) is 10.5 Å². The van der Waals surface area contributed by atoms with E-state index in [0.29, 0.717) is 36.0 Å². The van der Waals surface area contributed by atoms with E-state index in [1.165, 1.54) is 18.3 Å². The maximum atomic E-state index is 10.9. The molecule has 0 aliphatic rings. The van der Waals surface area contributed by atoms with Gasteiger partial charge in [0.15, 0.2) is 11.5 Å². The summed E-state index contributed by atoms with van der Waals surface area (Å²) < 4.78 is 15.9. The molecule has 2 aromatic carbocycles. The highest BCUT2D eigenvalue weighted by Crippen LogP contribution is 2.27. The Hall–Kier alpha value is -3.29. The predicted molar refractivity (Wildman–Crippen MR) is 98.2 cm³/mol. The van der Waals surface area contributed by atoms with Gasteiger partial charge in [0, 0.05) is 17.7 Å². The maximum Gasteiger partial charge on any atom is 0.270 e. The third kappa shape index (κ3) is 4.85. The molecule has 138 valence electrons. The molecule has 0 heterocycles. The zero-order valence-corrected chi connectivity index (χ0v) is 14.9. The molecule has 0 fully saturated rings. The van der Waals surface area contributed by atoms with Crippen molar-refractivity contribution in [3.63, 3.8) is 0 Å². The average molecular weight is 359 g/mol. The molecule has 0 amide bonds. The van der Waals surface area contributed by atoms with Crippen LogP contribution in [0.1, 0.15) is 18.1 Å². The summed E-state index contributed by atoms with van der Waals surface area (Å²) in [5.74, 6) is 1.82. The number of nitrogens with zero attached hydrogens (tertiary/aromatic N) is 2. The summed E-state index contributed by atoms with van der Waals surface area (Å²) in [6.45, 7) is 2.76. The summed E-state index contributed by atoms with van der Waals surface area (Å²) in [5, 5.41) is 15.1. The van der Waals surface area contributed by atoms with Gasteiger partial charge in [0.1, 0.15) is 5.75 Å². The van der Waals surface area contributed by atoms with Gasteiger partial charge in [-0.15, -0.1) is 0 Å². The monoisotopic (exact) mass is 359 g/mol. The van der Waals surface area contributed by atoms with E-state index < -0.39 is 4.92 Å². The first kappa shape index (κ1) is 19.0. The Balaban J connectivity index is 2.08. The van der Waals surface area contributed by atoms with Gasteiger partial charge < -0.3 is 19.6 Å². The van der Waals surface area contributed by atoms with Crippen LogP contribution in [0.15, 0.2) is 41.5 Å². The third-order valence-electron chi connectivity index (χ3n) is 3.53. The van der Waals surface area contributed by atoms with Gasteiger partial charge in [-0.2, -0.15) is 5.10 Å². The van der Waals surface area contributed by atoms with Crippen LogP contribution in [-0.4, -0.2) is 32.0 Å². The van der Waals surface area contributed by atoms with Gasteiger partial charge in [-0.25, -0.2) is 0 Å². The van der Waals surface area contributed by atoms with E-state index in [0.717, 1.165) is 5.56 Å². The number of methoxy groups -OCH3 is 2. The van der Waals surface area contributed by atoms with Gasteiger partial charge in [0.25, 0.3) is 5.69 Å². The molecule has 8 nitrogen and oxygen atoms in total. The second-order valence-corrected chi connectivity index (χ2v) is 5.19. The van der Waals surface area contributed by atoms with Crippen molar-refractivity contribution in [1.82, 2.24) is 5.43 Å². The molecule has 0 unspecified atom stereocenters. The lowest BCUT2D eigenvalue weighted by molar-refractivity contribution is -0.384. The highest BCUT2D eigenvalue weighted by atomic mass is 16.6. The first-order valence-electron chi connectivity index (χ1n) is 7.97. The molecule has 2 rings (SSSR count). The molecule has 0 aliphatic heterocycles. The zero-order chi connectivity index (χ0) is 18.9. The van der Waals surface area contributed by atoms with Crippen LogP contribution in [0.25, 0.3) is 0 Å². The molecular formula is C18H21N3O5. The lowest BCUT2D eigenvalue weighted by atomic mass is 10.2. The van der Waals surface area contributed by atoms with Crippen molar-refractivity contribution in [3.8, 4) is 17.2 Å². The summed E-state index contributed by atoms with van der Waals surface area (Å²) in [6, 6.07) is 9.94. The fourth-order valence-electron chi connectivity index (χ4n) is 2.28. The van der Waals surface area contributed by atoms with Gasteiger partial charge in [0.2, 0.25) is 0 Å². The number of hydrogen-bond donors (Lipinski definition) is 1. The van der Waals surface area contributed by atoms with Crippen molar-refractivity contribution in [1.29, 1.82) is 0 Å². The normalized spacial score (nSPS) is 10.6. The third-order valence-corrected chi connectivity index (χ3v) is 3.53. The standard InChI is InChI=1S/C18H21N3O5/c1-4-26-16-8-6-15(21(22)23)10-14(16)12-20-19-11-13-5-7-17(24-2)18(9-13)25-3/h5-10,12,19H,4,11H2,1-3H3/b20-12-.